The van der Waals surface area contributed by atoms with Crippen LogP contribution in [-0.2, 0) is 14.3 Å². The van der Waals surface area contributed by atoms with Gasteiger partial charge in [-0.2, -0.15) is 0 Å². The normalized spacial score (nSPS) is 21.4. The second-order valence-electron chi connectivity index (χ2n) is 3.93. The Kier molecular flexibility index (Phi) is 5.93. The van der Waals surface area contributed by atoms with Gasteiger partial charge in [0.1, 0.15) is 0 Å². The average Bonchev–Trinajstić information content (AvgIpc) is 2.30. The van der Waals surface area contributed by atoms with Gasteiger partial charge in [0, 0.05) is 13.1 Å². The van der Waals surface area contributed by atoms with Gasteiger partial charge in [0.15, 0.2) is 0 Å². The molecule has 0 spiro atoms. The Morgan fingerprint density at radius 3 is 3.12 bits per heavy atom. The molecule has 0 aliphatic carbocycles. The van der Waals surface area contributed by atoms with Crippen molar-refractivity contribution in [2.24, 2.45) is 5.92 Å². The second kappa shape index (κ2) is 7.28. The molecule has 0 saturated carbocycles. The smallest absolute Gasteiger partial charge is 0.310 e. The van der Waals surface area contributed by atoms with Crippen LogP contribution in [0.3, 0.4) is 0 Å². The van der Waals surface area contributed by atoms with E-state index in [1.54, 1.807) is 0 Å². The Morgan fingerprint density at radius 1 is 1.62 bits per heavy atom. The maximum Gasteiger partial charge on any atom is 0.310 e. The Balaban J connectivity index is 2.29. The van der Waals surface area contributed by atoms with Crippen molar-refractivity contribution >= 4 is 5.97 Å². The van der Waals surface area contributed by atoms with Crippen molar-refractivity contribution in [1.82, 2.24) is 4.90 Å². The summed E-state index contributed by atoms with van der Waals surface area (Å²) in [5, 5.41) is 0. The highest BCUT2D eigenvalue weighted by molar-refractivity contribution is 5.72. The second-order valence-corrected chi connectivity index (χ2v) is 3.93. The minimum Gasteiger partial charge on any atom is -0.500 e. The number of piperidine rings is 1. The summed E-state index contributed by atoms with van der Waals surface area (Å²) in [6, 6.07) is 0. The molecule has 1 saturated heterocycles. The van der Waals surface area contributed by atoms with Gasteiger partial charge in [0.25, 0.3) is 0 Å². The van der Waals surface area contributed by atoms with Crippen molar-refractivity contribution in [3.8, 4) is 0 Å². The van der Waals surface area contributed by atoms with Crippen LogP contribution < -0.4 is 0 Å². The van der Waals surface area contributed by atoms with E-state index in [9.17, 15) is 4.79 Å². The molecule has 16 heavy (non-hydrogen) atoms. The third-order valence-electron chi connectivity index (χ3n) is 2.77. The minimum atomic E-state index is -0.0585. The molecular formula is C12H21NO3. The Hall–Kier alpha value is -1.03. The molecule has 0 aromatic carbocycles. The molecule has 0 N–H and O–H groups in total. The molecular weight excluding hydrogens is 206 g/mol. The fraction of sp³-hybridized carbons (Fsp3) is 0.750. The highest BCUT2D eigenvalue weighted by atomic mass is 16.5. The summed E-state index contributed by atoms with van der Waals surface area (Å²) in [6.07, 6.45) is 3.45. The molecule has 4 heteroatoms. The van der Waals surface area contributed by atoms with E-state index >= 15 is 0 Å². The fourth-order valence-corrected chi connectivity index (χ4v) is 1.98. The number of esters is 1. The molecule has 0 aromatic heterocycles. The number of rotatable bonds is 6. The van der Waals surface area contributed by atoms with Crippen LogP contribution in [0.15, 0.2) is 12.8 Å². The van der Waals surface area contributed by atoms with Crippen molar-refractivity contribution in [3.63, 3.8) is 0 Å². The van der Waals surface area contributed by atoms with E-state index in [0.29, 0.717) is 13.2 Å². The van der Waals surface area contributed by atoms with E-state index < -0.39 is 0 Å². The van der Waals surface area contributed by atoms with Crippen molar-refractivity contribution in [3.05, 3.63) is 12.8 Å². The maximum atomic E-state index is 11.6. The van der Waals surface area contributed by atoms with Crippen LogP contribution in [0.2, 0.25) is 0 Å². The molecule has 1 atom stereocenters. The number of ether oxygens (including phenoxy) is 2. The molecule has 1 aliphatic heterocycles. The lowest BCUT2D eigenvalue weighted by Gasteiger charge is -2.31. The van der Waals surface area contributed by atoms with Crippen LogP contribution in [-0.4, -0.2) is 43.7 Å². The Bertz CT molecular complexity index is 230. The van der Waals surface area contributed by atoms with Crippen LogP contribution in [0.4, 0.5) is 0 Å². The number of likely N-dealkylation sites (tertiary alicyclic amines) is 1. The molecule has 0 amide bonds. The van der Waals surface area contributed by atoms with Crippen molar-refractivity contribution in [2.75, 3.05) is 32.8 Å². The topological polar surface area (TPSA) is 38.8 Å². The third kappa shape index (κ3) is 4.23. The monoisotopic (exact) mass is 227 g/mol. The number of hydrogen-bond acceptors (Lipinski definition) is 4. The Morgan fingerprint density at radius 2 is 2.44 bits per heavy atom. The van der Waals surface area contributed by atoms with Crippen LogP contribution in [0, 0.1) is 5.92 Å². The molecule has 1 unspecified atom stereocenters. The molecule has 0 radical (unpaired) electrons. The van der Waals surface area contributed by atoms with Gasteiger partial charge < -0.3 is 9.47 Å². The van der Waals surface area contributed by atoms with Crippen molar-refractivity contribution in [2.45, 2.75) is 19.8 Å². The van der Waals surface area contributed by atoms with Gasteiger partial charge in [-0.3, -0.25) is 9.69 Å². The van der Waals surface area contributed by atoms with Crippen LogP contribution in [0.25, 0.3) is 0 Å². The molecule has 0 bridgehead atoms. The zero-order chi connectivity index (χ0) is 11.8. The first kappa shape index (κ1) is 13.0. The molecule has 1 heterocycles. The SMILES string of the molecule is C=COCCN1CCCC(C(=O)OCC)C1. The summed E-state index contributed by atoms with van der Waals surface area (Å²) < 4.78 is 10.1. The van der Waals surface area contributed by atoms with E-state index in [1.165, 1.54) is 6.26 Å². The summed E-state index contributed by atoms with van der Waals surface area (Å²) >= 11 is 0. The summed E-state index contributed by atoms with van der Waals surface area (Å²) in [7, 11) is 0. The van der Waals surface area contributed by atoms with Crippen LogP contribution in [0.5, 0.6) is 0 Å². The first-order valence-electron chi connectivity index (χ1n) is 5.89. The molecule has 92 valence electrons. The van der Waals surface area contributed by atoms with E-state index in [0.717, 1.165) is 32.5 Å². The standard InChI is InChI=1S/C12H21NO3/c1-3-15-9-8-13-7-5-6-11(10-13)12(14)16-4-2/h3,11H,1,4-10H2,2H3. The predicted molar refractivity (Wildman–Crippen MR) is 61.9 cm³/mol. The fourth-order valence-electron chi connectivity index (χ4n) is 1.98. The van der Waals surface area contributed by atoms with Gasteiger partial charge in [-0.05, 0) is 26.3 Å². The largest absolute Gasteiger partial charge is 0.500 e. The zero-order valence-corrected chi connectivity index (χ0v) is 9.98. The molecule has 1 aliphatic rings. The third-order valence-corrected chi connectivity index (χ3v) is 2.77. The highest BCUT2D eigenvalue weighted by Gasteiger charge is 2.26. The summed E-state index contributed by atoms with van der Waals surface area (Å²) in [4.78, 5) is 13.8. The van der Waals surface area contributed by atoms with Crippen LogP contribution in [0.1, 0.15) is 19.8 Å². The zero-order valence-electron chi connectivity index (χ0n) is 9.98. The summed E-state index contributed by atoms with van der Waals surface area (Å²) in [6.45, 7) is 9.12. The minimum absolute atomic E-state index is 0.0393. The lowest BCUT2D eigenvalue weighted by molar-refractivity contribution is -0.150. The molecule has 4 nitrogen and oxygen atoms in total. The maximum absolute atomic E-state index is 11.6. The van der Waals surface area contributed by atoms with Crippen molar-refractivity contribution in [1.29, 1.82) is 0 Å². The molecule has 1 rings (SSSR count). The van der Waals surface area contributed by atoms with E-state index in [2.05, 4.69) is 11.5 Å². The lowest BCUT2D eigenvalue weighted by atomic mass is 9.98. The predicted octanol–water partition coefficient (Wildman–Crippen LogP) is 1.42. The van der Waals surface area contributed by atoms with Gasteiger partial charge >= 0.3 is 5.97 Å². The quantitative estimate of drug-likeness (QED) is 0.391. The molecule has 1 fully saturated rings. The van der Waals surface area contributed by atoms with Gasteiger partial charge in [0.2, 0.25) is 0 Å². The highest BCUT2D eigenvalue weighted by Crippen LogP contribution is 2.17. The summed E-state index contributed by atoms with van der Waals surface area (Å²) in [5.41, 5.74) is 0. The van der Waals surface area contributed by atoms with E-state index in [1.807, 2.05) is 6.92 Å². The first-order chi connectivity index (χ1) is 7.77. The van der Waals surface area contributed by atoms with Crippen molar-refractivity contribution < 1.29 is 14.3 Å². The van der Waals surface area contributed by atoms with E-state index in [-0.39, 0.29) is 11.9 Å². The number of hydrogen-bond donors (Lipinski definition) is 0. The lowest BCUT2D eigenvalue weighted by Crippen LogP contribution is -2.40. The number of carbonyl (C=O) groups excluding carboxylic acids is 1. The van der Waals surface area contributed by atoms with Gasteiger partial charge in [-0.1, -0.05) is 6.58 Å². The average molecular weight is 227 g/mol. The summed E-state index contributed by atoms with van der Waals surface area (Å²) in [5.74, 6) is -0.0192. The Labute approximate surface area is 97.2 Å². The number of nitrogens with zero attached hydrogens (tertiary/aromatic N) is 1. The van der Waals surface area contributed by atoms with Gasteiger partial charge in [-0.15, -0.1) is 0 Å². The van der Waals surface area contributed by atoms with E-state index in [4.69, 9.17) is 9.47 Å². The van der Waals surface area contributed by atoms with Gasteiger partial charge in [0.05, 0.1) is 25.4 Å². The molecule has 0 aromatic rings. The first-order valence-corrected chi connectivity index (χ1v) is 5.89. The van der Waals surface area contributed by atoms with Crippen LogP contribution >= 0.6 is 0 Å². The number of carbonyl (C=O) groups is 1. The van der Waals surface area contributed by atoms with Gasteiger partial charge in [-0.25, -0.2) is 0 Å².